The molecule has 0 saturated heterocycles. The Morgan fingerprint density at radius 2 is 2.04 bits per heavy atom. The van der Waals surface area contributed by atoms with Crippen molar-refractivity contribution in [2.75, 3.05) is 4.72 Å². The third-order valence-corrected chi connectivity index (χ3v) is 5.69. The Kier molecular flexibility index (Phi) is 5.90. The molecule has 0 bridgehead atoms. The van der Waals surface area contributed by atoms with Crippen LogP contribution in [0.4, 0.5) is 5.00 Å². The minimum atomic E-state index is -2.08. The molecule has 2 heterocycles. The fourth-order valence-corrected chi connectivity index (χ4v) is 4.66. The largest absolute Gasteiger partial charge is 0.331 e. The first-order valence-electron chi connectivity index (χ1n) is 8.49. The maximum absolute atomic E-state index is 11.2. The number of aryl methyl sites for hydroxylation is 1. The SMILES string of the molecule is Cc1nccn1Cc1ccc(-c2cc(CC(C)C)sc2NS(=O)O)cc1. The van der Waals surface area contributed by atoms with Crippen molar-refractivity contribution in [2.45, 2.75) is 33.7 Å². The van der Waals surface area contributed by atoms with E-state index in [4.69, 9.17) is 0 Å². The Bertz CT molecular complexity index is 898. The Hall–Kier alpha value is -1.96. The molecule has 0 aliphatic heterocycles. The summed E-state index contributed by atoms with van der Waals surface area (Å²) in [6.07, 6.45) is 4.73. The summed E-state index contributed by atoms with van der Waals surface area (Å²) in [7, 11) is 0. The van der Waals surface area contributed by atoms with Gasteiger partial charge >= 0.3 is 0 Å². The van der Waals surface area contributed by atoms with E-state index < -0.39 is 11.3 Å². The second-order valence-corrected chi connectivity index (χ2v) is 8.54. The highest BCUT2D eigenvalue weighted by Crippen LogP contribution is 2.37. The Labute approximate surface area is 160 Å². The summed E-state index contributed by atoms with van der Waals surface area (Å²) in [6.45, 7) is 7.11. The van der Waals surface area contributed by atoms with Crippen LogP contribution in [0.15, 0.2) is 42.7 Å². The van der Waals surface area contributed by atoms with Crippen LogP contribution >= 0.6 is 11.3 Å². The van der Waals surface area contributed by atoms with E-state index in [1.54, 1.807) is 17.5 Å². The first kappa shape index (κ1) is 18.8. The quantitative estimate of drug-likeness (QED) is 0.575. The molecule has 2 aromatic heterocycles. The van der Waals surface area contributed by atoms with E-state index in [1.165, 1.54) is 10.4 Å². The fraction of sp³-hybridized carbons (Fsp3) is 0.316. The number of thiophene rings is 1. The number of benzene rings is 1. The van der Waals surface area contributed by atoms with Gasteiger partial charge < -0.3 is 4.57 Å². The second kappa shape index (κ2) is 8.16. The lowest BCUT2D eigenvalue weighted by Crippen LogP contribution is -2.01. The van der Waals surface area contributed by atoms with Crippen molar-refractivity contribution in [3.63, 3.8) is 0 Å². The summed E-state index contributed by atoms with van der Waals surface area (Å²) in [5, 5.41) is 0.736. The Morgan fingerprint density at radius 3 is 2.62 bits per heavy atom. The molecule has 3 rings (SSSR count). The molecule has 1 aromatic carbocycles. The third-order valence-electron chi connectivity index (χ3n) is 4.11. The minimum absolute atomic E-state index is 0.537. The molecule has 0 radical (unpaired) electrons. The van der Waals surface area contributed by atoms with Crippen LogP contribution in [0.2, 0.25) is 0 Å². The van der Waals surface area contributed by atoms with Gasteiger partial charge in [-0.15, -0.1) is 11.3 Å². The molecule has 1 unspecified atom stereocenters. The van der Waals surface area contributed by atoms with Gasteiger partial charge in [-0.05, 0) is 36.5 Å². The third kappa shape index (κ3) is 4.60. The van der Waals surface area contributed by atoms with Crippen molar-refractivity contribution in [1.29, 1.82) is 0 Å². The van der Waals surface area contributed by atoms with Gasteiger partial charge in [-0.3, -0.25) is 9.27 Å². The number of nitrogens with zero attached hydrogens (tertiary/aromatic N) is 2. The van der Waals surface area contributed by atoms with Gasteiger partial charge in [-0.1, -0.05) is 38.1 Å². The van der Waals surface area contributed by atoms with Crippen molar-refractivity contribution < 1.29 is 8.76 Å². The zero-order valence-corrected chi connectivity index (χ0v) is 16.7. The molecule has 0 aliphatic rings. The van der Waals surface area contributed by atoms with Crippen molar-refractivity contribution in [2.24, 2.45) is 5.92 Å². The number of hydrogen-bond donors (Lipinski definition) is 2. The molecular formula is C19H23N3O2S2. The van der Waals surface area contributed by atoms with E-state index in [-0.39, 0.29) is 0 Å². The Balaban J connectivity index is 1.86. The van der Waals surface area contributed by atoms with Crippen LogP contribution in [-0.4, -0.2) is 18.3 Å². The number of aromatic nitrogens is 2. The van der Waals surface area contributed by atoms with Gasteiger partial charge in [-0.25, -0.2) is 9.19 Å². The average molecular weight is 390 g/mol. The van der Waals surface area contributed by atoms with Crippen LogP contribution in [0.1, 0.15) is 30.1 Å². The molecular weight excluding hydrogens is 366 g/mol. The number of anilines is 1. The number of hydrogen-bond acceptors (Lipinski definition) is 3. The monoisotopic (exact) mass is 389 g/mol. The van der Waals surface area contributed by atoms with Crippen molar-refractivity contribution >= 4 is 27.6 Å². The first-order chi connectivity index (χ1) is 12.4. The normalized spacial score (nSPS) is 12.5. The summed E-state index contributed by atoms with van der Waals surface area (Å²) in [5.74, 6) is 1.52. The molecule has 0 saturated carbocycles. The smallest absolute Gasteiger partial charge is 0.259 e. The van der Waals surface area contributed by atoms with Gasteiger partial charge in [0, 0.05) is 29.4 Å². The summed E-state index contributed by atoms with van der Waals surface area (Å²) in [5.41, 5.74) is 3.20. The lowest BCUT2D eigenvalue weighted by molar-refractivity contribution is 0.570. The lowest BCUT2D eigenvalue weighted by atomic mass is 10.0. The van der Waals surface area contributed by atoms with Crippen molar-refractivity contribution in [3.05, 3.63) is 59.0 Å². The predicted molar refractivity (Wildman–Crippen MR) is 109 cm³/mol. The summed E-state index contributed by atoms with van der Waals surface area (Å²) >= 11 is -0.534. The number of nitrogens with one attached hydrogen (secondary N) is 1. The molecule has 7 heteroatoms. The molecule has 0 amide bonds. The topological polar surface area (TPSA) is 67.2 Å². The standard InChI is InChI=1S/C19H23N3O2S2/c1-13(2)10-17-11-18(19(25-17)21-26(23)24)16-6-4-15(5-7-16)12-22-9-8-20-14(22)3/h4-9,11,13,21H,10,12H2,1-3H3,(H,23,24). The van der Waals surface area contributed by atoms with Crippen LogP contribution in [0.5, 0.6) is 0 Å². The van der Waals surface area contributed by atoms with Gasteiger partial charge in [0.05, 0.1) is 0 Å². The van der Waals surface area contributed by atoms with Crippen molar-refractivity contribution in [1.82, 2.24) is 9.55 Å². The second-order valence-electron chi connectivity index (χ2n) is 6.70. The van der Waals surface area contributed by atoms with Crippen LogP contribution < -0.4 is 4.72 Å². The van der Waals surface area contributed by atoms with Gasteiger partial charge in [0.15, 0.2) is 0 Å². The van der Waals surface area contributed by atoms with E-state index in [9.17, 15) is 8.76 Å². The zero-order chi connectivity index (χ0) is 18.7. The van der Waals surface area contributed by atoms with E-state index in [0.717, 1.165) is 34.9 Å². The van der Waals surface area contributed by atoms with Crippen LogP contribution in [0.25, 0.3) is 11.1 Å². The van der Waals surface area contributed by atoms with Crippen LogP contribution in [0, 0.1) is 12.8 Å². The van der Waals surface area contributed by atoms with Crippen LogP contribution in [-0.2, 0) is 24.2 Å². The van der Waals surface area contributed by atoms with E-state index in [0.29, 0.717) is 5.92 Å². The molecule has 5 nitrogen and oxygen atoms in total. The van der Waals surface area contributed by atoms with E-state index in [2.05, 4.69) is 58.5 Å². The fourth-order valence-electron chi connectivity index (χ4n) is 2.87. The first-order valence-corrected chi connectivity index (χ1v) is 10.4. The molecule has 0 spiro atoms. The van der Waals surface area contributed by atoms with Gasteiger partial charge in [0.2, 0.25) is 0 Å². The van der Waals surface area contributed by atoms with E-state index >= 15 is 0 Å². The summed E-state index contributed by atoms with van der Waals surface area (Å²) in [6, 6.07) is 10.4. The summed E-state index contributed by atoms with van der Waals surface area (Å²) in [4.78, 5) is 5.46. The number of imidazole rings is 1. The molecule has 3 aromatic rings. The molecule has 26 heavy (non-hydrogen) atoms. The predicted octanol–water partition coefficient (Wildman–Crippen LogP) is 4.72. The molecule has 1 atom stereocenters. The zero-order valence-electron chi connectivity index (χ0n) is 15.1. The highest BCUT2D eigenvalue weighted by atomic mass is 32.2. The van der Waals surface area contributed by atoms with Gasteiger partial charge in [0.25, 0.3) is 11.3 Å². The highest BCUT2D eigenvalue weighted by molar-refractivity contribution is 7.80. The highest BCUT2D eigenvalue weighted by Gasteiger charge is 2.13. The van der Waals surface area contributed by atoms with E-state index in [1.807, 2.05) is 13.1 Å². The molecule has 138 valence electrons. The Morgan fingerprint density at radius 1 is 1.31 bits per heavy atom. The van der Waals surface area contributed by atoms with Gasteiger partial charge in [0.1, 0.15) is 10.8 Å². The molecule has 2 N–H and O–H groups in total. The average Bonchev–Trinajstić information content (AvgIpc) is 3.14. The van der Waals surface area contributed by atoms with Crippen LogP contribution in [0.3, 0.4) is 0 Å². The maximum atomic E-state index is 11.2. The molecule has 0 aliphatic carbocycles. The molecule has 0 fully saturated rings. The minimum Gasteiger partial charge on any atom is -0.331 e. The summed E-state index contributed by atoms with van der Waals surface area (Å²) < 4.78 is 25.2. The van der Waals surface area contributed by atoms with Gasteiger partial charge in [-0.2, -0.15) is 0 Å². The number of rotatable bonds is 7. The maximum Gasteiger partial charge on any atom is 0.259 e. The van der Waals surface area contributed by atoms with Crippen molar-refractivity contribution in [3.8, 4) is 11.1 Å². The lowest BCUT2D eigenvalue weighted by Gasteiger charge is -2.07.